The van der Waals surface area contributed by atoms with E-state index in [1.165, 1.54) is 12.1 Å². The van der Waals surface area contributed by atoms with Gasteiger partial charge in [-0.15, -0.1) is 0 Å². The van der Waals surface area contributed by atoms with E-state index in [1.54, 1.807) is 0 Å². The molecule has 1 heterocycles. The Bertz CT molecular complexity index is 372. The average Bonchev–Trinajstić information content (AvgIpc) is 2.29. The van der Waals surface area contributed by atoms with Gasteiger partial charge in [0.1, 0.15) is 5.82 Å². The van der Waals surface area contributed by atoms with Crippen molar-refractivity contribution in [1.29, 1.82) is 0 Å². The van der Waals surface area contributed by atoms with E-state index in [-0.39, 0.29) is 17.4 Å². The summed E-state index contributed by atoms with van der Waals surface area (Å²) in [5.74, 6) is -0.181. The van der Waals surface area contributed by atoms with E-state index in [2.05, 4.69) is 18.7 Å². The molecule has 0 saturated carbocycles. The van der Waals surface area contributed by atoms with E-state index < -0.39 is 0 Å². The maximum atomic E-state index is 12.9. The lowest BCUT2D eigenvalue weighted by atomic mass is 9.89. The first-order chi connectivity index (χ1) is 8.00. The molecular weight excluding hydrogens is 215 g/mol. The zero-order valence-electron chi connectivity index (χ0n) is 10.6. The largest absolute Gasteiger partial charge is 0.327 e. The van der Waals surface area contributed by atoms with Gasteiger partial charge < -0.3 is 5.73 Å². The third-order valence-corrected chi connectivity index (χ3v) is 3.80. The minimum Gasteiger partial charge on any atom is -0.327 e. The van der Waals surface area contributed by atoms with Gasteiger partial charge in [-0.25, -0.2) is 4.39 Å². The predicted octanol–water partition coefficient (Wildman–Crippen LogP) is 2.48. The topological polar surface area (TPSA) is 29.3 Å². The molecule has 94 valence electrons. The highest BCUT2D eigenvalue weighted by atomic mass is 19.1. The lowest BCUT2D eigenvalue weighted by molar-refractivity contribution is 0.0843. The van der Waals surface area contributed by atoms with Crippen molar-refractivity contribution in [3.05, 3.63) is 35.6 Å². The Morgan fingerprint density at radius 3 is 2.53 bits per heavy atom. The number of piperidine rings is 1. The molecule has 0 radical (unpaired) electrons. The first-order valence-electron chi connectivity index (χ1n) is 6.27. The van der Waals surface area contributed by atoms with Gasteiger partial charge in [0.15, 0.2) is 0 Å². The van der Waals surface area contributed by atoms with Gasteiger partial charge in [-0.05, 0) is 50.9 Å². The van der Waals surface area contributed by atoms with Crippen LogP contribution in [-0.4, -0.2) is 24.0 Å². The number of likely N-dealkylation sites (tertiary alicyclic amines) is 1. The quantitative estimate of drug-likeness (QED) is 0.854. The number of nitrogens with two attached hydrogens (primary N) is 1. The van der Waals surface area contributed by atoms with Crippen molar-refractivity contribution in [2.24, 2.45) is 5.73 Å². The normalized spacial score (nSPS) is 22.7. The molecule has 0 spiro atoms. The minimum atomic E-state index is -0.181. The Hall–Kier alpha value is -0.930. The summed E-state index contributed by atoms with van der Waals surface area (Å²) < 4.78 is 12.9. The Morgan fingerprint density at radius 1 is 1.29 bits per heavy atom. The molecule has 1 aromatic carbocycles. The molecule has 1 aliphatic rings. The standard InChI is InChI=1S/C14H21FN2/c1-14(2,11-5-7-12(15)8-6-11)17-9-3-4-13(16)10-17/h5-8,13H,3-4,9-10,16H2,1-2H3/t13-/m0/s1. The van der Waals surface area contributed by atoms with Crippen molar-refractivity contribution >= 4 is 0 Å². The van der Waals surface area contributed by atoms with Gasteiger partial charge in [-0.2, -0.15) is 0 Å². The molecule has 0 amide bonds. The summed E-state index contributed by atoms with van der Waals surface area (Å²) in [6, 6.07) is 7.07. The van der Waals surface area contributed by atoms with E-state index >= 15 is 0 Å². The molecule has 2 N–H and O–H groups in total. The third kappa shape index (κ3) is 2.67. The molecule has 1 saturated heterocycles. The molecule has 0 bridgehead atoms. The van der Waals surface area contributed by atoms with Gasteiger partial charge in [-0.1, -0.05) is 12.1 Å². The number of halogens is 1. The van der Waals surface area contributed by atoms with E-state index in [9.17, 15) is 4.39 Å². The van der Waals surface area contributed by atoms with Gasteiger partial charge in [-0.3, -0.25) is 4.90 Å². The number of benzene rings is 1. The molecule has 2 rings (SSSR count). The van der Waals surface area contributed by atoms with Crippen LogP contribution in [0.2, 0.25) is 0 Å². The third-order valence-electron chi connectivity index (χ3n) is 3.80. The fraction of sp³-hybridized carbons (Fsp3) is 0.571. The van der Waals surface area contributed by atoms with Crippen LogP contribution >= 0.6 is 0 Å². The highest BCUT2D eigenvalue weighted by Crippen LogP contribution is 2.30. The number of hydrogen-bond acceptors (Lipinski definition) is 2. The minimum absolute atomic E-state index is 0.0776. The molecule has 0 aromatic heterocycles. The van der Waals surface area contributed by atoms with Crippen LogP contribution in [0.3, 0.4) is 0 Å². The van der Waals surface area contributed by atoms with Gasteiger partial charge >= 0.3 is 0 Å². The molecule has 0 unspecified atom stereocenters. The Morgan fingerprint density at radius 2 is 1.94 bits per heavy atom. The molecular formula is C14H21FN2. The second kappa shape index (κ2) is 4.75. The van der Waals surface area contributed by atoms with Crippen molar-refractivity contribution in [3.63, 3.8) is 0 Å². The van der Waals surface area contributed by atoms with E-state index in [0.29, 0.717) is 0 Å². The summed E-state index contributed by atoms with van der Waals surface area (Å²) in [6.45, 7) is 6.35. The average molecular weight is 236 g/mol. The molecule has 1 fully saturated rings. The van der Waals surface area contributed by atoms with Crippen molar-refractivity contribution in [1.82, 2.24) is 4.90 Å². The summed E-state index contributed by atoms with van der Waals surface area (Å²) in [5, 5.41) is 0. The molecule has 3 heteroatoms. The molecule has 1 aromatic rings. The fourth-order valence-corrected chi connectivity index (χ4v) is 2.56. The summed E-state index contributed by atoms with van der Waals surface area (Å²) in [5.41, 5.74) is 7.09. The highest BCUT2D eigenvalue weighted by Gasteiger charge is 2.31. The highest BCUT2D eigenvalue weighted by molar-refractivity contribution is 5.23. The van der Waals surface area contributed by atoms with Gasteiger partial charge in [0, 0.05) is 18.1 Å². The van der Waals surface area contributed by atoms with Crippen molar-refractivity contribution in [2.45, 2.75) is 38.3 Å². The lowest BCUT2D eigenvalue weighted by Gasteiger charge is -2.43. The van der Waals surface area contributed by atoms with Crippen LogP contribution in [0, 0.1) is 5.82 Å². The lowest BCUT2D eigenvalue weighted by Crippen LogP contribution is -2.51. The van der Waals surface area contributed by atoms with Crippen LogP contribution in [0.5, 0.6) is 0 Å². The van der Waals surface area contributed by atoms with E-state index in [4.69, 9.17) is 5.73 Å². The SMILES string of the molecule is CC(C)(c1ccc(F)cc1)N1CCC[C@H](N)C1. The van der Waals surface area contributed by atoms with Crippen LogP contribution in [0.1, 0.15) is 32.3 Å². The number of hydrogen-bond donors (Lipinski definition) is 1. The van der Waals surface area contributed by atoms with Crippen LogP contribution in [0.15, 0.2) is 24.3 Å². The van der Waals surface area contributed by atoms with Gasteiger partial charge in [0.05, 0.1) is 0 Å². The molecule has 1 aliphatic heterocycles. The summed E-state index contributed by atoms with van der Waals surface area (Å²) in [4.78, 5) is 2.40. The zero-order valence-corrected chi connectivity index (χ0v) is 10.6. The fourth-order valence-electron chi connectivity index (χ4n) is 2.56. The predicted molar refractivity (Wildman–Crippen MR) is 68.2 cm³/mol. The monoisotopic (exact) mass is 236 g/mol. The Labute approximate surface area is 103 Å². The number of rotatable bonds is 2. The van der Waals surface area contributed by atoms with Crippen LogP contribution in [0.4, 0.5) is 4.39 Å². The van der Waals surface area contributed by atoms with Crippen molar-refractivity contribution in [3.8, 4) is 0 Å². The first kappa shape index (κ1) is 12.5. The van der Waals surface area contributed by atoms with Gasteiger partial charge in [0.2, 0.25) is 0 Å². The number of nitrogens with zero attached hydrogens (tertiary/aromatic N) is 1. The van der Waals surface area contributed by atoms with Crippen molar-refractivity contribution in [2.75, 3.05) is 13.1 Å². The molecule has 2 nitrogen and oxygen atoms in total. The van der Waals surface area contributed by atoms with E-state index in [1.807, 2.05) is 12.1 Å². The summed E-state index contributed by atoms with van der Waals surface area (Å²) >= 11 is 0. The van der Waals surface area contributed by atoms with Crippen LogP contribution in [0.25, 0.3) is 0 Å². The maximum Gasteiger partial charge on any atom is 0.123 e. The smallest absolute Gasteiger partial charge is 0.123 e. The summed E-state index contributed by atoms with van der Waals surface area (Å²) in [6.07, 6.45) is 2.25. The maximum absolute atomic E-state index is 12.9. The molecule has 0 aliphatic carbocycles. The van der Waals surface area contributed by atoms with Crippen LogP contribution < -0.4 is 5.73 Å². The first-order valence-corrected chi connectivity index (χ1v) is 6.27. The van der Waals surface area contributed by atoms with Crippen molar-refractivity contribution < 1.29 is 4.39 Å². The van der Waals surface area contributed by atoms with Crippen LogP contribution in [-0.2, 0) is 5.54 Å². The van der Waals surface area contributed by atoms with E-state index in [0.717, 1.165) is 31.5 Å². The Balaban J connectivity index is 2.19. The molecule has 17 heavy (non-hydrogen) atoms. The van der Waals surface area contributed by atoms with Gasteiger partial charge in [0.25, 0.3) is 0 Å². The zero-order chi connectivity index (χ0) is 12.5. The molecule has 1 atom stereocenters. The second-order valence-corrected chi connectivity index (χ2v) is 5.41. The Kier molecular flexibility index (Phi) is 3.50. The second-order valence-electron chi connectivity index (χ2n) is 5.41. The summed E-state index contributed by atoms with van der Waals surface area (Å²) in [7, 11) is 0.